The van der Waals surface area contributed by atoms with Gasteiger partial charge >= 0.3 is 0 Å². The number of furan rings is 1. The molecule has 170 valence electrons. The maximum absolute atomic E-state index is 13.6. The van der Waals surface area contributed by atoms with E-state index in [1.165, 1.54) is 25.4 Å². The summed E-state index contributed by atoms with van der Waals surface area (Å²) in [5.41, 5.74) is 0.775. The Morgan fingerprint density at radius 2 is 1.82 bits per heavy atom. The van der Waals surface area contributed by atoms with Crippen molar-refractivity contribution in [2.24, 2.45) is 0 Å². The molecule has 1 aliphatic rings. The summed E-state index contributed by atoms with van der Waals surface area (Å²) in [6.07, 6.45) is 1.37. The molecule has 1 unspecified atom stereocenters. The Morgan fingerprint density at radius 1 is 1.09 bits per heavy atom. The van der Waals surface area contributed by atoms with Gasteiger partial charge in [-0.25, -0.2) is 4.90 Å². The summed E-state index contributed by atoms with van der Waals surface area (Å²) in [5.74, 6) is 0.108. The average molecular weight is 560 g/mol. The van der Waals surface area contributed by atoms with Gasteiger partial charge in [-0.15, -0.1) is 0 Å². The van der Waals surface area contributed by atoms with Crippen LogP contribution >= 0.6 is 22.6 Å². The first-order chi connectivity index (χ1) is 15.9. The standard InChI is InChI=1S/C24H21IN2O6/c1-31-20-10-5-15(12-21(20)32-2)23(29)26(14-18-4-3-11-33-18)19-13-22(28)27(24(19)30)17-8-6-16(25)7-9-17/h3-12,19H,13-14H2,1-2H3. The highest BCUT2D eigenvalue weighted by Crippen LogP contribution is 2.31. The number of ether oxygens (including phenoxy) is 2. The maximum atomic E-state index is 13.6. The first-order valence-electron chi connectivity index (χ1n) is 10.1. The van der Waals surface area contributed by atoms with Crippen LogP contribution in [0.25, 0.3) is 0 Å². The van der Waals surface area contributed by atoms with Gasteiger partial charge in [0.05, 0.1) is 39.1 Å². The molecule has 33 heavy (non-hydrogen) atoms. The number of hydrogen-bond donors (Lipinski definition) is 0. The summed E-state index contributed by atoms with van der Waals surface area (Å²) in [6, 6.07) is 14.3. The third-order valence-corrected chi connectivity index (χ3v) is 6.10. The smallest absolute Gasteiger partial charge is 0.257 e. The molecule has 1 atom stereocenters. The Bertz CT molecular complexity index is 1180. The fraction of sp³-hybridized carbons (Fsp3) is 0.208. The molecule has 1 aliphatic heterocycles. The number of methoxy groups -OCH3 is 2. The van der Waals surface area contributed by atoms with Crippen LogP contribution in [0.1, 0.15) is 22.5 Å². The highest BCUT2D eigenvalue weighted by molar-refractivity contribution is 14.1. The van der Waals surface area contributed by atoms with Gasteiger partial charge in [-0.05, 0) is 77.2 Å². The van der Waals surface area contributed by atoms with Crippen molar-refractivity contribution in [2.75, 3.05) is 19.1 Å². The van der Waals surface area contributed by atoms with Gasteiger partial charge in [-0.1, -0.05) is 0 Å². The van der Waals surface area contributed by atoms with Crippen LogP contribution < -0.4 is 14.4 Å². The molecule has 0 bridgehead atoms. The second-order valence-electron chi connectivity index (χ2n) is 7.35. The number of amides is 3. The fourth-order valence-electron chi connectivity index (χ4n) is 3.75. The number of carbonyl (C=O) groups is 3. The summed E-state index contributed by atoms with van der Waals surface area (Å²) >= 11 is 2.15. The van der Waals surface area contributed by atoms with Gasteiger partial charge in [-0.2, -0.15) is 0 Å². The van der Waals surface area contributed by atoms with Crippen molar-refractivity contribution in [1.29, 1.82) is 0 Å². The van der Waals surface area contributed by atoms with E-state index in [1.807, 2.05) is 12.1 Å². The monoisotopic (exact) mass is 560 g/mol. The molecule has 0 saturated carbocycles. The molecule has 1 saturated heterocycles. The van der Waals surface area contributed by atoms with Crippen molar-refractivity contribution < 1.29 is 28.3 Å². The quantitative estimate of drug-likeness (QED) is 0.322. The molecule has 3 amide bonds. The summed E-state index contributed by atoms with van der Waals surface area (Å²) < 4.78 is 17.0. The van der Waals surface area contributed by atoms with Crippen molar-refractivity contribution in [1.82, 2.24) is 4.90 Å². The average Bonchev–Trinajstić information content (AvgIpc) is 3.44. The normalized spacial score (nSPS) is 15.6. The van der Waals surface area contributed by atoms with Gasteiger partial charge in [-0.3, -0.25) is 14.4 Å². The number of imide groups is 1. The molecular formula is C24H21IN2O6. The molecule has 2 heterocycles. The lowest BCUT2D eigenvalue weighted by molar-refractivity contribution is -0.122. The van der Waals surface area contributed by atoms with Crippen LogP contribution in [0.2, 0.25) is 0 Å². The van der Waals surface area contributed by atoms with Crippen LogP contribution in [0.3, 0.4) is 0 Å². The Balaban J connectivity index is 1.69. The summed E-state index contributed by atoms with van der Waals surface area (Å²) in [4.78, 5) is 42.3. The van der Waals surface area contributed by atoms with E-state index in [0.717, 1.165) is 8.47 Å². The molecule has 0 aliphatic carbocycles. The number of carbonyl (C=O) groups excluding carboxylic acids is 3. The van der Waals surface area contributed by atoms with Crippen LogP contribution in [-0.4, -0.2) is 42.9 Å². The lowest BCUT2D eigenvalue weighted by Gasteiger charge is -2.27. The topological polar surface area (TPSA) is 89.3 Å². The molecule has 8 nitrogen and oxygen atoms in total. The summed E-state index contributed by atoms with van der Waals surface area (Å²) in [5, 5.41) is 0. The van der Waals surface area contributed by atoms with Crippen molar-refractivity contribution in [2.45, 2.75) is 19.0 Å². The van der Waals surface area contributed by atoms with Gasteiger partial charge in [0.15, 0.2) is 11.5 Å². The highest BCUT2D eigenvalue weighted by atomic mass is 127. The molecule has 4 rings (SSSR count). The van der Waals surface area contributed by atoms with Gasteiger partial charge in [0.2, 0.25) is 5.91 Å². The van der Waals surface area contributed by atoms with Crippen LogP contribution in [0.5, 0.6) is 11.5 Å². The lowest BCUT2D eigenvalue weighted by Crippen LogP contribution is -2.45. The Morgan fingerprint density at radius 3 is 2.45 bits per heavy atom. The van der Waals surface area contributed by atoms with Gasteiger partial charge < -0.3 is 18.8 Å². The first kappa shape index (κ1) is 22.8. The molecule has 2 aromatic carbocycles. The minimum atomic E-state index is -0.970. The first-order valence-corrected chi connectivity index (χ1v) is 11.2. The number of nitrogens with zero attached hydrogens (tertiary/aromatic N) is 2. The lowest BCUT2D eigenvalue weighted by atomic mass is 10.1. The second-order valence-corrected chi connectivity index (χ2v) is 8.59. The van der Waals surface area contributed by atoms with E-state index < -0.39 is 17.9 Å². The molecule has 0 spiro atoms. The summed E-state index contributed by atoms with van der Waals surface area (Å²) in [6.45, 7) is 0.0321. The van der Waals surface area contributed by atoms with E-state index in [-0.39, 0.29) is 18.9 Å². The minimum absolute atomic E-state index is 0.0321. The minimum Gasteiger partial charge on any atom is -0.493 e. The van der Waals surface area contributed by atoms with E-state index >= 15 is 0 Å². The fourth-order valence-corrected chi connectivity index (χ4v) is 4.11. The van der Waals surface area contributed by atoms with E-state index in [2.05, 4.69) is 22.6 Å². The van der Waals surface area contributed by atoms with E-state index in [1.54, 1.807) is 42.5 Å². The number of halogens is 1. The zero-order valence-electron chi connectivity index (χ0n) is 18.0. The van der Waals surface area contributed by atoms with Crippen LogP contribution in [0.15, 0.2) is 65.3 Å². The Kier molecular flexibility index (Phi) is 6.68. The zero-order valence-corrected chi connectivity index (χ0v) is 20.1. The van der Waals surface area contributed by atoms with E-state index in [4.69, 9.17) is 13.9 Å². The molecule has 1 fully saturated rings. The van der Waals surface area contributed by atoms with Crippen molar-refractivity contribution >= 4 is 46.0 Å². The largest absolute Gasteiger partial charge is 0.493 e. The molecule has 0 radical (unpaired) electrons. The Hall–Kier alpha value is -3.34. The maximum Gasteiger partial charge on any atom is 0.257 e. The van der Waals surface area contributed by atoms with Crippen LogP contribution in [0.4, 0.5) is 5.69 Å². The molecule has 0 N–H and O–H groups in total. The zero-order chi connectivity index (χ0) is 23.5. The van der Waals surface area contributed by atoms with Crippen LogP contribution in [-0.2, 0) is 16.1 Å². The van der Waals surface area contributed by atoms with Gasteiger partial charge in [0.25, 0.3) is 11.8 Å². The molecular weight excluding hydrogens is 539 g/mol. The van der Waals surface area contributed by atoms with Crippen LogP contribution in [0, 0.1) is 3.57 Å². The SMILES string of the molecule is COc1ccc(C(=O)N(Cc2ccco2)C2CC(=O)N(c3ccc(I)cc3)C2=O)cc1OC. The number of benzene rings is 2. The second kappa shape index (κ2) is 9.65. The molecule has 3 aromatic rings. The third-order valence-electron chi connectivity index (χ3n) is 5.38. The molecule has 9 heteroatoms. The van der Waals surface area contributed by atoms with Crippen molar-refractivity contribution in [3.63, 3.8) is 0 Å². The number of hydrogen-bond acceptors (Lipinski definition) is 6. The predicted molar refractivity (Wildman–Crippen MR) is 128 cm³/mol. The predicted octanol–water partition coefficient (Wildman–Crippen LogP) is 3.88. The van der Waals surface area contributed by atoms with E-state index in [0.29, 0.717) is 28.5 Å². The third kappa shape index (κ3) is 4.58. The molecule has 1 aromatic heterocycles. The number of anilines is 1. The highest BCUT2D eigenvalue weighted by Gasteiger charge is 2.44. The van der Waals surface area contributed by atoms with E-state index in [9.17, 15) is 14.4 Å². The Labute approximate surface area is 204 Å². The van der Waals surface area contributed by atoms with Crippen molar-refractivity contribution in [3.05, 3.63) is 75.8 Å². The summed E-state index contributed by atoms with van der Waals surface area (Å²) in [7, 11) is 2.98. The van der Waals surface area contributed by atoms with Crippen molar-refractivity contribution in [3.8, 4) is 11.5 Å². The van der Waals surface area contributed by atoms with Gasteiger partial charge in [0, 0.05) is 9.13 Å². The number of rotatable bonds is 7. The van der Waals surface area contributed by atoms with Gasteiger partial charge in [0.1, 0.15) is 11.8 Å².